The zero-order chi connectivity index (χ0) is 20.1. The van der Waals surface area contributed by atoms with Crippen LogP contribution in [-0.4, -0.2) is 36.7 Å². The predicted molar refractivity (Wildman–Crippen MR) is 112 cm³/mol. The molecule has 0 unspecified atom stereocenters. The van der Waals surface area contributed by atoms with Crippen LogP contribution in [0, 0.1) is 11.7 Å². The molecule has 2 atom stereocenters. The van der Waals surface area contributed by atoms with Gasteiger partial charge in [-0.05, 0) is 29.8 Å². The molecule has 0 radical (unpaired) electrons. The lowest BCUT2D eigenvalue weighted by atomic mass is 9.95. The summed E-state index contributed by atoms with van der Waals surface area (Å²) in [5.74, 6) is -0.958. The van der Waals surface area contributed by atoms with E-state index in [2.05, 4.69) is 10.6 Å². The average Bonchev–Trinajstić information content (AvgIpc) is 2.91. The van der Waals surface area contributed by atoms with Gasteiger partial charge in [0.05, 0.1) is 17.7 Å². The van der Waals surface area contributed by atoms with E-state index in [1.807, 2.05) is 0 Å². The summed E-state index contributed by atoms with van der Waals surface area (Å²) in [5.41, 5.74) is 0.240. The molecule has 0 aliphatic carbocycles. The Morgan fingerprint density at radius 1 is 1.31 bits per heavy atom. The second-order valence-corrected chi connectivity index (χ2v) is 7.34. The van der Waals surface area contributed by atoms with Gasteiger partial charge in [-0.15, -0.1) is 12.4 Å². The van der Waals surface area contributed by atoms with Crippen molar-refractivity contribution in [2.45, 2.75) is 12.6 Å². The van der Waals surface area contributed by atoms with Crippen LogP contribution in [0.2, 0.25) is 10.0 Å². The molecule has 2 aromatic rings. The van der Waals surface area contributed by atoms with Crippen molar-refractivity contribution in [2.75, 3.05) is 26.2 Å². The van der Waals surface area contributed by atoms with Crippen molar-refractivity contribution < 1.29 is 13.9 Å². The highest BCUT2D eigenvalue weighted by atomic mass is 35.5. The Bertz CT molecular complexity index is 910. The van der Waals surface area contributed by atoms with Gasteiger partial charge in [0.15, 0.2) is 0 Å². The van der Waals surface area contributed by atoms with E-state index >= 15 is 0 Å². The van der Waals surface area contributed by atoms with E-state index in [1.165, 1.54) is 29.0 Å². The van der Waals surface area contributed by atoms with E-state index in [0.717, 1.165) is 0 Å². The number of ether oxygens (including phenoxy) is 1. The number of aromatic nitrogens is 1. The topological polar surface area (TPSA) is 72.4 Å². The summed E-state index contributed by atoms with van der Waals surface area (Å²) < 4.78 is 21.0. The van der Waals surface area contributed by atoms with Crippen molar-refractivity contribution >= 4 is 41.5 Å². The number of carbonyl (C=O) groups excluding carboxylic acids is 1. The van der Waals surface area contributed by atoms with Crippen molar-refractivity contribution in [3.05, 3.63) is 68.3 Å². The first-order valence-electron chi connectivity index (χ1n) is 8.84. The molecule has 0 bridgehead atoms. The van der Waals surface area contributed by atoms with E-state index in [-0.39, 0.29) is 40.8 Å². The van der Waals surface area contributed by atoms with Gasteiger partial charge in [0, 0.05) is 31.7 Å². The number of hydrogen-bond donors (Lipinski definition) is 2. The minimum atomic E-state index is -0.511. The van der Waals surface area contributed by atoms with Gasteiger partial charge in [0.25, 0.3) is 5.56 Å². The van der Waals surface area contributed by atoms with Crippen LogP contribution in [0.25, 0.3) is 0 Å². The molecule has 3 rings (SSSR count). The summed E-state index contributed by atoms with van der Waals surface area (Å²) in [5, 5.41) is 6.17. The first-order chi connectivity index (χ1) is 13.5. The number of pyridine rings is 1. The highest BCUT2D eigenvalue weighted by Gasteiger charge is 2.27. The number of halogens is 4. The van der Waals surface area contributed by atoms with Crippen LogP contribution in [-0.2, 0) is 16.1 Å². The number of benzene rings is 1. The molecule has 0 saturated carbocycles. The largest absolute Gasteiger partial charge is 0.372 e. The van der Waals surface area contributed by atoms with Crippen molar-refractivity contribution in [3.63, 3.8) is 0 Å². The van der Waals surface area contributed by atoms with Gasteiger partial charge in [-0.3, -0.25) is 9.59 Å². The molecule has 158 valence electrons. The number of nitrogens with zero attached hydrogens (tertiary/aromatic N) is 1. The second-order valence-electron chi connectivity index (χ2n) is 6.52. The summed E-state index contributed by atoms with van der Waals surface area (Å²) in [6, 6.07) is 7.66. The molecule has 1 aromatic heterocycles. The maximum absolute atomic E-state index is 13.9. The minimum Gasteiger partial charge on any atom is -0.372 e. The van der Waals surface area contributed by atoms with Crippen LogP contribution in [0.1, 0.15) is 11.7 Å². The van der Waals surface area contributed by atoms with Gasteiger partial charge in [0.1, 0.15) is 17.4 Å². The Balaban J connectivity index is 0.00000300. The molecular weight excluding hydrogens is 444 g/mol. The van der Waals surface area contributed by atoms with Crippen LogP contribution < -0.4 is 16.2 Å². The lowest BCUT2D eigenvalue weighted by Gasteiger charge is -2.25. The predicted octanol–water partition coefficient (Wildman–Crippen LogP) is 2.81. The number of nitrogens with one attached hydrogen (secondary N) is 2. The standard InChI is InChI=1S/C19H20Cl2FN3O3.ClH/c20-14-4-3-12(8-16(14)22)18-13(9-23-5-7-28-18)10-24-17(26)11-25-6-1-2-15(21)19(25)27;/h1-4,6,8,13,18,23H,5,7,9-11H2,(H,24,26);1H/t13-,18-;/m0./s1. The van der Waals surface area contributed by atoms with Gasteiger partial charge in [-0.25, -0.2) is 4.39 Å². The molecule has 1 amide bonds. The summed E-state index contributed by atoms with van der Waals surface area (Å²) in [6.07, 6.45) is 1.11. The van der Waals surface area contributed by atoms with Crippen LogP contribution in [0.15, 0.2) is 41.3 Å². The summed E-state index contributed by atoms with van der Waals surface area (Å²) >= 11 is 11.6. The van der Waals surface area contributed by atoms with E-state index in [0.29, 0.717) is 31.8 Å². The van der Waals surface area contributed by atoms with Gasteiger partial charge in [0.2, 0.25) is 5.91 Å². The third-order valence-electron chi connectivity index (χ3n) is 4.53. The maximum atomic E-state index is 13.9. The Hall–Kier alpha value is -1.64. The molecule has 1 aliphatic heterocycles. The maximum Gasteiger partial charge on any atom is 0.269 e. The number of hydrogen-bond acceptors (Lipinski definition) is 4. The van der Waals surface area contributed by atoms with Gasteiger partial charge >= 0.3 is 0 Å². The van der Waals surface area contributed by atoms with Crippen LogP contribution >= 0.6 is 35.6 Å². The smallest absolute Gasteiger partial charge is 0.269 e. The van der Waals surface area contributed by atoms with Crippen LogP contribution in [0.5, 0.6) is 0 Å². The van der Waals surface area contributed by atoms with Crippen molar-refractivity contribution in [1.82, 2.24) is 15.2 Å². The highest BCUT2D eigenvalue weighted by molar-refractivity contribution is 6.30. The molecule has 1 aliphatic rings. The molecule has 29 heavy (non-hydrogen) atoms. The van der Waals surface area contributed by atoms with Crippen molar-refractivity contribution in [2.24, 2.45) is 5.92 Å². The molecule has 2 heterocycles. The Morgan fingerprint density at radius 2 is 2.10 bits per heavy atom. The van der Waals surface area contributed by atoms with E-state index in [1.54, 1.807) is 12.1 Å². The quantitative estimate of drug-likeness (QED) is 0.714. The first kappa shape index (κ1) is 23.6. The van der Waals surface area contributed by atoms with Gasteiger partial charge < -0.3 is 19.9 Å². The van der Waals surface area contributed by atoms with E-state index < -0.39 is 17.5 Å². The number of rotatable bonds is 5. The van der Waals surface area contributed by atoms with E-state index in [4.69, 9.17) is 27.9 Å². The van der Waals surface area contributed by atoms with Gasteiger partial charge in [-0.1, -0.05) is 29.3 Å². The molecule has 0 spiro atoms. The zero-order valence-electron chi connectivity index (χ0n) is 15.4. The molecule has 2 N–H and O–H groups in total. The SMILES string of the molecule is Cl.O=C(Cn1cccc(Cl)c1=O)NC[C@@H]1CNCCO[C@H]1c1ccc(Cl)c(F)c1. The molecule has 6 nitrogen and oxygen atoms in total. The lowest BCUT2D eigenvalue weighted by Crippen LogP contribution is -2.39. The fourth-order valence-corrected chi connectivity index (χ4v) is 3.41. The molecule has 1 aromatic carbocycles. The van der Waals surface area contributed by atoms with Crippen molar-refractivity contribution in [3.8, 4) is 0 Å². The molecule has 1 saturated heterocycles. The minimum absolute atomic E-state index is 0. The fraction of sp³-hybridized carbons (Fsp3) is 0.368. The summed E-state index contributed by atoms with van der Waals surface area (Å²) in [4.78, 5) is 24.2. The Morgan fingerprint density at radius 3 is 2.86 bits per heavy atom. The number of carbonyl (C=O) groups is 1. The van der Waals surface area contributed by atoms with Gasteiger partial charge in [-0.2, -0.15) is 0 Å². The monoisotopic (exact) mass is 463 g/mol. The summed E-state index contributed by atoms with van der Waals surface area (Å²) in [7, 11) is 0. The van der Waals surface area contributed by atoms with Crippen LogP contribution in [0.4, 0.5) is 4.39 Å². The molecule has 10 heteroatoms. The summed E-state index contributed by atoms with van der Waals surface area (Å²) in [6.45, 7) is 1.88. The highest BCUT2D eigenvalue weighted by Crippen LogP contribution is 2.29. The van der Waals surface area contributed by atoms with Crippen LogP contribution in [0.3, 0.4) is 0 Å². The van der Waals surface area contributed by atoms with Crippen molar-refractivity contribution in [1.29, 1.82) is 0 Å². The third-order valence-corrected chi connectivity index (χ3v) is 5.13. The van der Waals surface area contributed by atoms with E-state index in [9.17, 15) is 14.0 Å². The Labute approximate surface area is 183 Å². The molecule has 1 fully saturated rings. The first-order valence-corrected chi connectivity index (χ1v) is 9.60. The second kappa shape index (κ2) is 10.9. The fourth-order valence-electron chi connectivity index (χ4n) is 3.11. The normalized spacial score (nSPS) is 19.1. The third kappa shape index (κ3) is 6.17. The average molecular weight is 465 g/mol. The lowest BCUT2D eigenvalue weighted by molar-refractivity contribution is -0.122. The Kier molecular flexibility index (Phi) is 8.92. The zero-order valence-corrected chi connectivity index (χ0v) is 17.7. The molecular formula is C19H21Cl3FN3O3. The number of amides is 1.